The molecule has 0 heterocycles. The molecule has 0 aliphatic carbocycles. The average molecular weight is 376 g/mol. The van der Waals surface area contributed by atoms with Gasteiger partial charge >= 0.3 is 16.1 Å². The minimum Gasteiger partial charge on any atom is -0.383 e. The van der Waals surface area contributed by atoms with E-state index in [1.165, 1.54) is 0 Å². The molecule has 0 aliphatic rings. The lowest BCUT2D eigenvalue weighted by Gasteiger charge is -2.23. The van der Waals surface area contributed by atoms with Crippen LogP contribution in [0.15, 0.2) is 54.6 Å². The fourth-order valence-electron chi connectivity index (χ4n) is 2.37. The van der Waals surface area contributed by atoms with Gasteiger partial charge in [-0.05, 0) is 36.2 Å². The van der Waals surface area contributed by atoms with Crippen LogP contribution in [0, 0.1) is 0 Å². The molecular weight excluding hydrogens is 352 g/mol. The van der Waals surface area contributed by atoms with Gasteiger partial charge < -0.3 is 14.4 Å². The first-order chi connectivity index (χ1) is 12.4. The molecule has 0 saturated carbocycles. The Bertz CT molecular complexity index is 805. The number of nitrogens with one attached hydrogen (secondary N) is 1. The van der Waals surface area contributed by atoms with Crippen LogP contribution < -0.4 is 9.50 Å². The smallest absolute Gasteiger partial charge is 0.322 e. The van der Waals surface area contributed by atoms with Gasteiger partial charge in [0.25, 0.3) is 0 Å². The Morgan fingerprint density at radius 1 is 1.08 bits per heavy atom. The fourth-order valence-corrected chi connectivity index (χ4v) is 2.83. The molecule has 140 valence electrons. The van der Waals surface area contributed by atoms with E-state index in [1.54, 1.807) is 29.2 Å². The van der Waals surface area contributed by atoms with Crippen molar-refractivity contribution in [2.24, 2.45) is 0 Å². The fraction of sp³-hybridized carbons (Fsp3) is 0.316. The van der Waals surface area contributed by atoms with Gasteiger partial charge in [0, 0.05) is 18.8 Å². The highest BCUT2D eigenvalue weighted by molar-refractivity contribution is 7.86. The van der Waals surface area contributed by atoms with Gasteiger partial charge in [0.2, 0.25) is 0 Å². The Morgan fingerprint density at radius 3 is 2.31 bits per heavy atom. The van der Waals surface area contributed by atoms with Crippen molar-refractivity contribution < 1.29 is 17.4 Å². The molecular formula is C19H24N2O4S. The van der Waals surface area contributed by atoms with Crippen LogP contribution in [0.4, 0.5) is 10.5 Å². The van der Waals surface area contributed by atoms with E-state index in [2.05, 4.69) is 12.2 Å². The molecule has 2 aromatic rings. The number of anilines is 1. The first kappa shape index (κ1) is 19.8. The lowest BCUT2D eigenvalue weighted by molar-refractivity contribution is 0.208. The van der Waals surface area contributed by atoms with E-state index in [-0.39, 0.29) is 11.8 Å². The summed E-state index contributed by atoms with van der Waals surface area (Å²) in [4.78, 5) is 14.3. The highest BCUT2D eigenvalue weighted by Gasteiger charge is 2.14. The number of para-hydroxylation sites is 1. The Labute approximate surface area is 154 Å². The van der Waals surface area contributed by atoms with Crippen LogP contribution in [-0.2, 0) is 16.7 Å². The van der Waals surface area contributed by atoms with Gasteiger partial charge in [0.05, 0.1) is 6.26 Å². The zero-order valence-corrected chi connectivity index (χ0v) is 15.8. The monoisotopic (exact) mass is 376 g/mol. The van der Waals surface area contributed by atoms with Gasteiger partial charge in [-0.3, -0.25) is 0 Å². The zero-order chi connectivity index (χ0) is 19.0. The zero-order valence-electron chi connectivity index (χ0n) is 15.0. The molecule has 2 aromatic carbocycles. The third kappa shape index (κ3) is 6.76. The lowest BCUT2D eigenvalue weighted by atomic mass is 10.2. The summed E-state index contributed by atoms with van der Waals surface area (Å²) in [6, 6.07) is 15.8. The second-order valence-electron chi connectivity index (χ2n) is 6.00. The van der Waals surface area contributed by atoms with E-state index >= 15 is 0 Å². The first-order valence-corrected chi connectivity index (χ1v) is 10.3. The highest BCUT2D eigenvalue weighted by atomic mass is 32.2. The topological polar surface area (TPSA) is 75.7 Å². The first-order valence-electron chi connectivity index (χ1n) is 8.47. The number of rotatable bonds is 8. The number of carbonyl (C=O) groups excluding carboxylic acids is 1. The molecule has 0 radical (unpaired) electrons. The van der Waals surface area contributed by atoms with E-state index in [1.807, 2.05) is 30.3 Å². The molecule has 0 atom stereocenters. The van der Waals surface area contributed by atoms with Crippen LogP contribution in [-0.4, -0.2) is 32.1 Å². The quantitative estimate of drug-likeness (QED) is 0.710. The van der Waals surface area contributed by atoms with Crippen LogP contribution in [0.5, 0.6) is 5.75 Å². The minimum absolute atomic E-state index is 0.166. The van der Waals surface area contributed by atoms with Gasteiger partial charge in [0.1, 0.15) is 5.75 Å². The molecule has 1 N–H and O–H groups in total. The third-order valence-electron chi connectivity index (χ3n) is 3.64. The SMILES string of the molecule is CCCCN(Cc1ccc(OS(C)(=O)=O)cc1)C(=O)Nc1ccccc1. The molecule has 26 heavy (non-hydrogen) atoms. The molecule has 0 unspecified atom stereocenters. The number of carbonyl (C=O) groups is 1. The van der Waals surface area contributed by atoms with Gasteiger partial charge in [-0.25, -0.2) is 4.79 Å². The molecule has 0 aliphatic heterocycles. The van der Waals surface area contributed by atoms with Crippen LogP contribution in [0.25, 0.3) is 0 Å². The summed E-state index contributed by atoms with van der Waals surface area (Å²) in [5.74, 6) is 0.255. The number of hydrogen-bond donors (Lipinski definition) is 1. The Morgan fingerprint density at radius 2 is 1.73 bits per heavy atom. The molecule has 2 amide bonds. The maximum atomic E-state index is 12.6. The number of nitrogens with zero attached hydrogens (tertiary/aromatic N) is 1. The maximum Gasteiger partial charge on any atom is 0.322 e. The number of urea groups is 1. The van der Waals surface area contributed by atoms with Gasteiger partial charge in [-0.1, -0.05) is 43.7 Å². The van der Waals surface area contributed by atoms with Crippen molar-refractivity contribution in [2.75, 3.05) is 18.1 Å². The van der Waals surface area contributed by atoms with Crippen molar-refractivity contribution in [3.8, 4) is 5.75 Å². The number of unbranched alkanes of at least 4 members (excludes halogenated alkanes) is 1. The van der Waals surface area contributed by atoms with Crippen molar-refractivity contribution in [3.05, 3.63) is 60.2 Å². The standard InChI is InChI=1S/C19H24N2O4S/c1-3-4-14-21(19(22)20-17-8-6-5-7-9-17)15-16-10-12-18(13-11-16)25-26(2,23)24/h5-13H,3-4,14-15H2,1-2H3,(H,20,22). The summed E-state index contributed by atoms with van der Waals surface area (Å²) in [7, 11) is -3.55. The Kier molecular flexibility index (Phi) is 7.03. The summed E-state index contributed by atoms with van der Waals surface area (Å²) in [6.45, 7) is 3.14. The Balaban J connectivity index is 2.05. The second-order valence-corrected chi connectivity index (χ2v) is 7.58. The Hall–Kier alpha value is -2.54. The molecule has 0 aromatic heterocycles. The van der Waals surface area contributed by atoms with Crippen molar-refractivity contribution in [1.29, 1.82) is 0 Å². The minimum atomic E-state index is -3.55. The molecule has 0 saturated heterocycles. The van der Waals surface area contributed by atoms with Crippen molar-refractivity contribution in [1.82, 2.24) is 4.90 Å². The van der Waals surface area contributed by atoms with E-state index in [0.717, 1.165) is 30.3 Å². The molecule has 0 bridgehead atoms. The maximum absolute atomic E-state index is 12.6. The van der Waals surface area contributed by atoms with Crippen molar-refractivity contribution in [2.45, 2.75) is 26.3 Å². The van der Waals surface area contributed by atoms with Gasteiger partial charge in [-0.2, -0.15) is 8.42 Å². The molecule has 0 fully saturated rings. The molecule has 2 rings (SSSR count). The predicted octanol–water partition coefficient (Wildman–Crippen LogP) is 3.86. The lowest BCUT2D eigenvalue weighted by Crippen LogP contribution is -2.35. The summed E-state index contributed by atoms with van der Waals surface area (Å²) in [6.07, 6.45) is 2.88. The summed E-state index contributed by atoms with van der Waals surface area (Å²) in [5, 5.41) is 2.90. The largest absolute Gasteiger partial charge is 0.383 e. The predicted molar refractivity (Wildman–Crippen MR) is 103 cm³/mol. The van der Waals surface area contributed by atoms with Gasteiger partial charge in [0.15, 0.2) is 0 Å². The molecule has 6 nitrogen and oxygen atoms in total. The number of benzene rings is 2. The second kappa shape index (κ2) is 9.24. The van der Waals surface area contributed by atoms with Gasteiger partial charge in [-0.15, -0.1) is 0 Å². The van der Waals surface area contributed by atoms with Crippen LogP contribution in [0.2, 0.25) is 0 Å². The average Bonchev–Trinajstić information content (AvgIpc) is 2.59. The highest BCUT2D eigenvalue weighted by Crippen LogP contribution is 2.16. The van der Waals surface area contributed by atoms with E-state index in [0.29, 0.717) is 13.1 Å². The molecule has 0 spiro atoms. The van der Waals surface area contributed by atoms with E-state index in [9.17, 15) is 13.2 Å². The van der Waals surface area contributed by atoms with Crippen LogP contribution in [0.1, 0.15) is 25.3 Å². The number of hydrogen-bond acceptors (Lipinski definition) is 4. The van der Waals surface area contributed by atoms with Crippen LogP contribution >= 0.6 is 0 Å². The number of amides is 2. The third-order valence-corrected chi connectivity index (χ3v) is 4.13. The summed E-state index contributed by atoms with van der Waals surface area (Å²) in [5.41, 5.74) is 1.64. The normalized spacial score (nSPS) is 11.0. The van der Waals surface area contributed by atoms with Crippen LogP contribution in [0.3, 0.4) is 0 Å². The summed E-state index contributed by atoms with van der Waals surface area (Å²) < 4.78 is 27.2. The summed E-state index contributed by atoms with van der Waals surface area (Å²) >= 11 is 0. The van der Waals surface area contributed by atoms with Crippen molar-refractivity contribution >= 4 is 21.8 Å². The molecule has 7 heteroatoms. The van der Waals surface area contributed by atoms with E-state index < -0.39 is 10.1 Å². The van der Waals surface area contributed by atoms with Crippen molar-refractivity contribution in [3.63, 3.8) is 0 Å². The van der Waals surface area contributed by atoms with E-state index in [4.69, 9.17) is 4.18 Å².